The molecule has 0 spiro atoms. The van der Waals surface area contributed by atoms with Crippen molar-refractivity contribution in [2.75, 3.05) is 11.9 Å². The minimum Gasteiger partial charge on any atom is -0.368 e. The third kappa shape index (κ3) is 7.42. The van der Waals surface area contributed by atoms with Gasteiger partial charge in [-0.15, -0.1) is 0 Å². The number of nitrogens with one attached hydrogen (secondary N) is 2. The van der Waals surface area contributed by atoms with E-state index in [2.05, 4.69) is 50.2 Å². The van der Waals surface area contributed by atoms with E-state index >= 15 is 0 Å². The molecule has 0 aromatic carbocycles. The zero-order chi connectivity index (χ0) is 15.9. The number of halogens is 1. The first kappa shape index (κ1) is 17.9. The molecule has 120 valence electrons. The van der Waals surface area contributed by atoms with Crippen LogP contribution < -0.4 is 10.6 Å². The minimum atomic E-state index is -0.238. The van der Waals surface area contributed by atoms with Gasteiger partial charge in [-0.2, -0.15) is 0 Å². The maximum Gasteiger partial charge on any atom is 0.169 e. The van der Waals surface area contributed by atoms with Crippen molar-refractivity contribution in [1.29, 1.82) is 0 Å². The van der Waals surface area contributed by atoms with Crippen LogP contribution in [-0.4, -0.2) is 17.1 Å². The van der Waals surface area contributed by atoms with Crippen LogP contribution in [0.1, 0.15) is 59.4 Å². The van der Waals surface area contributed by atoms with E-state index in [4.69, 9.17) is 0 Å². The lowest BCUT2D eigenvalue weighted by Crippen LogP contribution is -2.35. The number of pyridine rings is 1. The normalized spacial score (nSPS) is 12.0. The summed E-state index contributed by atoms with van der Waals surface area (Å²) in [7, 11) is 0. The van der Waals surface area contributed by atoms with Crippen molar-refractivity contribution in [2.45, 2.75) is 66.0 Å². The number of hydrogen-bond donors (Lipinski definition) is 2. The van der Waals surface area contributed by atoms with Crippen LogP contribution in [0.5, 0.6) is 0 Å². The highest BCUT2D eigenvalue weighted by Crippen LogP contribution is 2.16. The van der Waals surface area contributed by atoms with Crippen LogP contribution in [0, 0.1) is 11.7 Å². The first-order valence-corrected chi connectivity index (χ1v) is 7.92. The van der Waals surface area contributed by atoms with Crippen molar-refractivity contribution in [3.63, 3.8) is 0 Å². The summed E-state index contributed by atoms with van der Waals surface area (Å²) in [5.74, 6) is 0.859. The molecule has 0 unspecified atom stereocenters. The van der Waals surface area contributed by atoms with Crippen LogP contribution in [0.2, 0.25) is 0 Å². The predicted molar refractivity (Wildman–Crippen MR) is 88.0 cm³/mol. The molecule has 0 saturated carbocycles. The van der Waals surface area contributed by atoms with Crippen molar-refractivity contribution < 1.29 is 4.39 Å². The Bertz CT molecular complexity index is 425. The number of hydrogen-bond acceptors (Lipinski definition) is 3. The Morgan fingerprint density at radius 3 is 2.57 bits per heavy atom. The lowest BCUT2D eigenvalue weighted by molar-refractivity contribution is 0.418. The third-order valence-electron chi connectivity index (χ3n) is 3.28. The van der Waals surface area contributed by atoms with Crippen molar-refractivity contribution in [3.05, 3.63) is 23.6 Å². The molecule has 0 aliphatic carbocycles. The second-order valence-electron chi connectivity index (χ2n) is 7.05. The molecule has 3 nitrogen and oxygen atoms in total. The molecule has 0 aliphatic rings. The first-order valence-electron chi connectivity index (χ1n) is 7.92. The Morgan fingerprint density at radius 1 is 1.24 bits per heavy atom. The Hall–Kier alpha value is -1.16. The zero-order valence-corrected chi connectivity index (χ0v) is 14.1. The van der Waals surface area contributed by atoms with Gasteiger partial charge in [-0.25, -0.2) is 9.37 Å². The van der Waals surface area contributed by atoms with Crippen LogP contribution >= 0.6 is 0 Å². The molecule has 1 aromatic heterocycles. The summed E-state index contributed by atoms with van der Waals surface area (Å²) in [5.41, 5.74) is 0.629. The molecular weight excluding hydrogens is 265 g/mol. The monoisotopic (exact) mass is 295 g/mol. The van der Waals surface area contributed by atoms with Crippen LogP contribution in [0.25, 0.3) is 0 Å². The largest absolute Gasteiger partial charge is 0.368 e. The smallest absolute Gasteiger partial charge is 0.169 e. The number of anilines is 1. The van der Waals surface area contributed by atoms with Gasteiger partial charge in [-0.3, -0.25) is 0 Å². The molecule has 21 heavy (non-hydrogen) atoms. The van der Waals surface area contributed by atoms with Gasteiger partial charge >= 0.3 is 0 Å². The fraction of sp³-hybridized carbons (Fsp3) is 0.706. The number of unbranched alkanes of at least 4 members (excludes halogenated alkanes) is 1. The van der Waals surface area contributed by atoms with Gasteiger partial charge in [0.2, 0.25) is 0 Å². The summed E-state index contributed by atoms with van der Waals surface area (Å²) in [4.78, 5) is 4.10. The van der Waals surface area contributed by atoms with E-state index in [1.807, 2.05) is 0 Å². The van der Waals surface area contributed by atoms with E-state index in [-0.39, 0.29) is 11.4 Å². The standard InChI is InChI=1S/C17H30FN3/c1-13(2)8-6-7-10-19-16-15(18)14(9-11-20-16)12-21-17(3,4)5/h9,11,13,21H,6-8,10,12H2,1-5H3,(H,19,20). The zero-order valence-electron chi connectivity index (χ0n) is 14.1. The summed E-state index contributed by atoms with van der Waals surface area (Å²) in [6, 6.07) is 1.73. The molecule has 0 fully saturated rings. The lowest BCUT2D eigenvalue weighted by atomic mass is 10.1. The second-order valence-corrected chi connectivity index (χ2v) is 7.05. The molecule has 1 heterocycles. The topological polar surface area (TPSA) is 37.0 Å². The van der Waals surface area contributed by atoms with Gasteiger partial charge in [0.1, 0.15) is 0 Å². The molecular formula is C17H30FN3. The molecule has 0 bridgehead atoms. The lowest BCUT2D eigenvalue weighted by Gasteiger charge is -2.21. The molecule has 0 amide bonds. The Morgan fingerprint density at radius 2 is 1.95 bits per heavy atom. The van der Waals surface area contributed by atoms with Crippen molar-refractivity contribution in [1.82, 2.24) is 10.3 Å². The van der Waals surface area contributed by atoms with Gasteiger partial charge in [-0.05, 0) is 39.2 Å². The van der Waals surface area contributed by atoms with Gasteiger partial charge in [0.15, 0.2) is 11.6 Å². The van der Waals surface area contributed by atoms with Crippen LogP contribution in [0.3, 0.4) is 0 Å². The SMILES string of the molecule is CC(C)CCCCNc1nccc(CNC(C)(C)C)c1F. The number of aromatic nitrogens is 1. The Kier molecular flexibility index (Phi) is 7.09. The molecule has 0 atom stereocenters. The second kappa shape index (κ2) is 8.32. The summed E-state index contributed by atoms with van der Waals surface area (Å²) in [6.07, 6.45) is 5.09. The number of nitrogens with zero attached hydrogens (tertiary/aromatic N) is 1. The summed E-state index contributed by atoms with van der Waals surface area (Å²) < 4.78 is 14.3. The average Bonchev–Trinajstić information content (AvgIpc) is 2.37. The van der Waals surface area contributed by atoms with Crippen molar-refractivity contribution in [2.24, 2.45) is 5.92 Å². The van der Waals surface area contributed by atoms with Gasteiger partial charge in [-0.1, -0.05) is 26.7 Å². The third-order valence-corrected chi connectivity index (χ3v) is 3.28. The maximum absolute atomic E-state index is 14.3. The highest BCUT2D eigenvalue weighted by molar-refractivity contribution is 5.39. The van der Waals surface area contributed by atoms with E-state index < -0.39 is 0 Å². The fourth-order valence-corrected chi connectivity index (χ4v) is 1.99. The maximum atomic E-state index is 14.3. The quantitative estimate of drug-likeness (QED) is 0.700. The molecule has 0 radical (unpaired) electrons. The highest BCUT2D eigenvalue weighted by atomic mass is 19.1. The van der Waals surface area contributed by atoms with E-state index in [0.717, 1.165) is 25.3 Å². The van der Waals surface area contributed by atoms with E-state index in [9.17, 15) is 4.39 Å². The average molecular weight is 295 g/mol. The Labute approximate surface area is 128 Å². The molecule has 0 aliphatic heterocycles. The molecule has 4 heteroatoms. The van der Waals surface area contributed by atoms with Gasteiger partial charge < -0.3 is 10.6 Å². The molecule has 2 N–H and O–H groups in total. The van der Waals surface area contributed by atoms with E-state index in [1.54, 1.807) is 12.3 Å². The van der Waals surface area contributed by atoms with Crippen LogP contribution in [0.15, 0.2) is 12.3 Å². The van der Waals surface area contributed by atoms with Crippen LogP contribution in [-0.2, 0) is 6.54 Å². The van der Waals surface area contributed by atoms with E-state index in [0.29, 0.717) is 17.9 Å². The summed E-state index contributed by atoms with van der Waals surface area (Å²) in [6.45, 7) is 11.9. The minimum absolute atomic E-state index is 0.0276. The summed E-state index contributed by atoms with van der Waals surface area (Å²) in [5, 5.41) is 6.41. The fourth-order valence-electron chi connectivity index (χ4n) is 1.99. The molecule has 1 rings (SSSR count). The molecule has 0 saturated heterocycles. The first-order chi connectivity index (χ1) is 9.79. The van der Waals surface area contributed by atoms with Crippen molar-refractivity contribution >= 4 is 5.82 Å². The van der Waals surface area contributed by atoms with Gasteiger partial charge in [0, 0.05) is 30.4 Å². The van der Waals surface area contributed by atoms with Crippen molar-refractivity contribution in [3.8, 4) is 0 Å². The van der Waals surface area contributed by atoms with Gasteiger partial charge in [0.05, 0.1) is 0 Å². The Balaban J connectivity index is 2.48. The number of rotatable bonds is 8. The predicted octanol–water partition coefficient (Wildman–Crippen LogP) is 4.35. The van der Waals surface area contributed by atoms with Crippen LogP contribution in [0.4, 0.5) is 10.2 Å². The van der Waals surface area contributed by atoms with E-state index in [1.165, 1.54) is 6.42 Å². The highest BCUT2D eigenvalue weighted by Gasteiger charge is 2.13. The summed E-state index contributed by atoms with van der Waals surface area (Å²) >= 11 is 0. The van der Waals surface area contributed by atoms with Gasteiger partial charge in [0.25, 0.3) is 0 Å². The molecule has 1 aromatic rings.